The number of benzene rings is 1. The van der Waals surface area contributed by atoms with E-state index >= 15 is 0 Å². The van der Waals surface area contributed by atoms with Gasteiger partial charge in [-0.05, 0) is 81.8 Å². The summed E-state index contributed by atoms with van der Waals surface area (Å²) >= 11 is 0. The van der Waals surface area contributed by atoms with Crippen molar-refractivity contribution < 1.29 is 80.9 Å². The van der Waals surface area contributed by atoms with Crippen LogP contribution in [0.1, 0.15) is 80.2 Å². The van der Waals surface area contributed by atoms with E-state index in [1.807, 2.05) is 12.1 Å². The number of anilines is 1. The molecule has 0 saturated heterocycles. The fraction of sp³-hybridized carbons (Fsp3) is 0.776. The zero-order valence-corrected chi connectivity index (χ0v) is 45.3. The molecule has 0 aliphatic carbocycles. The predicted molar refractivity (Wildman–Crippen MR) is 269 cm³/mol. The summed E-state index contributed by atoms with van der Waals surface area (Å²) in [5.74, 6) is -2.74. The van der Waals surface area contributed by atoms with Crippen molar-refractivity contribution in [2.75, 3.05) is 131 Å². The number of carboxylic acids is 1. The summed E-state index contributed by atoms with van der Waals surface area (Å²) in [6.45, 7) is 25.7. The molecule has 0 unspecified atom stereocenters. The van der Waals surface area contributed by atoms with E-state index in [2.05, 4.69) is 55.1 Å². The van der Waals surface area contributed by atoms with Gasteiger partial charge in [-0.15, -0.1) is 0 Å². The van der Waals surface area contributed by atoms with Gasteiger partial charge in [0.25, 0.3) is 0 Å². The quantitative estimate of drug-likeness (QED) is 0.0439. The third-order valence-electron chi connectivity index (χ3n) is 10.5. The minimum atomic E-state index is -1.95. The van der Waals surface area contributed by atoms with Gasteiger partial charge in [0.05, 0.1) is 112 Å². The first-order valence-electron chi connectivity index (χ1n) is 24.6. The first-order chi connectivity index (χ1) is 33.6. The fourth-order valence-corrected chi connectivity index (χ4v) is 6.59. The van der Waals surface area contributed by atoms with Gasteiger partial charge in [0.1, 0.15) is 30.9 Å². The van der Waals surface area contributed by atoms with Crippen LogP contribution in [-0.4, -0.2) is 186 Å². The first kappa shape index (κ1) is 65.2. The number of amides is 4. The van der Waals surface area contributed by atoms with Gasteiger partial charge >= 0.3 is 12.1 Å². The summed E-state index contributed by atoms with van der Waals surface area (Å²) in [5.41, 5.74) is 0.905. The van der Waals surface area contributed by atoms with Crippen molar-refractivity contribution in [2.45, 2.75) is 117 Å². The topological polar surface area (TPSA) is 255 Å². The fourth-order valence-electron chi connectivity index (χ4n) is 5.63. The summed E-state index contributed by atoms with van der Waals surface area (Å²) in [5, 5.41) is 19.8. The highest BCUT2D eigenvalue weighted by Crippen LogP contribution is 2.37. The third kappa shape index (κ3) is 35.1. The van der Waals surface area contributed by atoms with Crippen LogP contribution in [0, 0.1) is 5.92 Å². The minimum Gasteiger partial charge on any atom is -0.480 e. The molecule has 1 aromatic carbocycles. The number of carboxylic acid groups (broad SMARTS) is 1. The second-order valence-electron chi connectivity index (χ2n) is 19.3. The molecule has 0 radical (unpaired) electrons. The number of carbonyl (C=O) groups excluding carboxylic acids is 4. The lowest BCUT2D eigenvalue weighted by molar-refractivity contribution is -0.142. The van der Waals surface area contributed by atoms with Crippen molar-refractivity contribution in [2.24, 2.45) is 5.92 Å². The summed E-state index contributed by atoms with van der Waals surface area (Å²) in [6, 6.07) is 5.54. The summed E-state index contributed by atoms with van der Waals surface area (Å²) < 4.78 is 60.1. The number of ether oxygens (including phenoxy) is 10. The minimum absolute atomic E-state index is 0.0746. The van der Waals surface area contributed by atoms with Crippen LogP contribution in [0.4, 0.5) is 10.5 Å². The maximum atomic E-state index is 13.7. The third-order valence-corrected chi connectivity index (χ3v) is 15.0. The van der Waals surface area contributed by atoms with E-state index in [4.69, 9.17) is 56.9 Å². The molecule has 0 saturated carbocycles. The van der Waals surface area contributed by atoms with E-state index in [0.29, 0.717) is 118 Å². The Kier molecular flexibility index (Phi) is 34.8. The Morgan fingerprint density at radius 3 is 1.44 bits per heavy atom. The predicted octanol–water partition coefficient (Wildman–Crippen LogP) is 4.70. The number of carbonyl (C=O) groups is 5. The van der Waals surface area contributed by atoms with Crippen LogP contribution in [0.5, 0.6) is 0 Å². The lowest BCUT2D eigenvalue weighted by Gasteiger charge is -2.36. The molecular formula is C49H88N4O17Si. The van der Waals surface area contributed by atoms with Crippen LogP contribution in [0.25, 0.3) is 0 Å². The van der Waals surface area contributed by atoms with E-state index < -0.39 is 55.8 Å². The molecule has 21 nitrogen and oxygen atoms in total. The monoisotopic (exact) mass is 1030 g/mol. The SMILES string of the molecule is CC(C)[C@H](NC(=O)COCCOCCOCCOCCOCCOCCOCCOCCOCC(=O)O)C(=O)N[C@@H](CCCCNC(=O)OC(C)(C)C)C(=O)Nc1ccc(CO[Si](C)(C)C(C)(C)C)cc1. The smallest absolute Gasteiger partial charge is 0.407 e. The highest BCUT2D eigenvalue weighted by molar-refractivity contribution is 6.74. The molecular weight excluding hydrogens is 945 g/mol. The van der Waals surface area contributed by atoms with Crippen molar-refractivity contribution in [1.29, 1.82) is 0 Å². The van der Waals surface area contributed by atoms with Gasteiger partial charge in [-0.2, -0.15) is 0 Å². The van der Waals surface area contributed by atoms with Crippen molar-refractivity contribution in [3.05, 3.63) is 29.8 Å². The molecule has 0 aliphatic rings. The Bertz CT molecular complexity index is 1610. The van der Waals surface area contributed by atoms with Crippen LogP contribution in [0.3, 0.4) is 0 Å². The Balaban J connectivity index is 2.36. The number of unbranched alkanes of at least 4 members (excludes halogenated alkanes) is 1. The maximum Gasteiger partial charge on any atom is 0.407 e. The highest BCUT2D eigenvalue weighted by Gasteiger charge is 2.37. The average molecular weight is 1030 g/mol. The molecule has 4 amide bonds. The Hall–Kier alpha value is -3.81. The van der Waals surface area contributed by atoms with Crippen molar-refractivity contribution >= 4 is 43.8 Å². The molecule has 1 rings (SSSR count). The number of alkyl carbamates (subject to hydrolysis) is 1. The van der Waals surface area contributed by atoms with Crippen molar-refractivity contribution in [3.8, 4) is 0 Å². The molecule has 0 aromatic heterocycles. The lowest BCUT2D eigenvalue weighted by Crippen LogP contribution is -2.55. The van der Waals surface area contributed by atoms with E-state index in [0.717, 1.165) is 5.56 Å². The van der Waals surface area contributed by atoms with Gasteiger partial charge in [0, 0.05) is 12.2 Å². The summed E-state index contributed by atoms with van der Waals surface area (Å²) in [6.07, 6.45) is 0.774. The molecule has 0 bridgehead atoms. The molecule has 5 N–H and O–H groups in total. The molecule has 0 spiro atoms. The Labute approximate surface area is 423 Å². The van der Waals surface area contributed by atoms with Crippen molar-refractivity contribution in [3.63, 3.8) is 0 Å². The van der Waals surface area contributed by atoms with E-state index in [9.17, 15) is 24.0 Å². The Morgan fingerprint density at radius 2 is 1.03 bits per heavy atom. The molecule has 1 aromatic rings. The average Bonchev–Trinajstić information content (AvgIpc) is 3.28. The van der Waals surface area contributed by atoms with E-state index in [-0.39, 0.29) is 50.4 Å². The van der Waals surface area contributed by atoms with Gasteiger partial charge in [-0.25, -0.2) is 9.59 Å². The van der Waals surface area contributed by atoms with E-state index in [1.54, 1.807) is 46.8 Å². The second-order valence-corrected chi connectivity index (χ2v) is 24.1. The van der Waals surface area contributed by atoms with Gasteiger partial charge < -0.3 is 78.2 Å². The van der Waals surface area contributed by atoms with Crippen molar-refractivity contribution in [1.82, 2.24) is 16.0 Å². The maximum absolute atomic E-state index is 13.7. The van der Waals surface area contributed by atoms with Crippen LogP contribution in [0.2, 0.25) is 18.1 Å². The molecule has 0 aliphatic heterocycles. The number of hydrogen-bond donors (Lipinski definition) is 5. The molecule has 0 fully saturated rings. The van der Waals surface area contributed by atoms with Crippen LogP contribution in [-0.2, 0) is 77.6 Å². The molecule has 2 atom stereocenters. The number of hydrogen-bond acceptors (Lipinski definition) is 16. The first-order valence-corrected chi connectivity index (χ1v) is 27.5. The Morgan fingerprint density at radius 1 is 0.592 bits per heavy atom. The van der Waals surface area contributed by atoms with Gasteiger partial charge in [-0.3, -0.25) is 14.4 Å². The molecule has 22 heteroatoms. The molecule has 71 heavy (non-hydrogen) atoms. The zero-order chi connectivity index (χ0) is 53.0. The van der Waals surface area contributed by atoms with Crippen LogP contribution >= 0.6 is 0 Å². The normalized spacial score (nSPS) is 12.9. The molecule has 0 heterocycles. The number of rotatable bonds is 42. The van der Waals surface area contributed by atoms with E-state index in [1.165, 1.54) is 0 Å². The number of aliphatic carboxylic acids is 1. The van der Waals surface area contributed by atoms with Gasteiger partial charge in [0.15, 0.2) is 8.32 Å². The summed E-state index contributed by atoms with van der Waals surface area (Å²) in [4.78, 5) is 62.7. The summed E-state index contributed by atoms with van der Waals surface area (Å²) in [7, 11) is -1.95. The highest BCUT2D eigenvalue weighted by atomic mass is 28.4. The van der Waals surface area contributed by atoms with Gasteiger partial charge in [-0.1, -0.05) is 46.8 Å². The molecule has 410 valence electrons. The van der Waals surface area contributed by atoms with Crippen LogP contribution < -0.4 is 21.3 Å². The van der Waals surface area contributed by atoms with Crippen LogP contribution in [0.15, 0.2) is 24.3 Å². The largest absolute Gasteiger partial charge is 0.480 e. The zero-order valence-electron chi connectivity index (χ0n) is 44.3. The second kappa shape index (κ2) is 37.9. The van der Waals surface area contributed by atoms with Gasteiger partial charge in [0.2, 0.25) is 17.7 Å². The number of nitrogens with one attached hydrogen (secondary N) is 4. The standard InChI is InChI=1S/C49H88N4O17Si/c1-38(2)44(53-42(54)36-67-33-31-65-29-27-63-25-23-61-21-19-60-20-22-62-24-26-64-28-30-66-32-34-68-37-43(55)56)46(58)52-41(13-11-12-18-50-47(59)70-48(3,4)5)45(57)51-40-16-14-39(15-17-40)35-69-71(9,10)49(6,7)8/h14-17,38,41,44H,11-13,18-37H2,1-10H3,(H,50,59)(H,51,57)(H,52,58)(H,53,54)(H,55,56)/t41-,44-/m0/s1. The lowest BCUT2D eigenvalue weighted by atomic mass is 10.0.